The summed E-state index contributed by atoms with van der Waals surface area (Å²) in [6.45, 7) is 5.21. The first-order valence-electron chi connectivity index (χ1n) is 7.26. The summed E-state index contributed by atoms with van der Waals surface area (Å²) in [5.74, 6) is 1.39. The molecule has 0 N–H and O–H groups in total. The minimum absolute atomic E-state index is 0.121. The number of nitrogens with zero attached hydrogens (tertiary/aromatic N) is 1. The summed E-state index contributed by atoms with van der Waals surface area (Å²) >= 11 is 5.80. The highest BCUT2D eigenvalue weighted by Gasteiger charge is 2.20. The lowest BCUT2D eigenvalue weighted by Crippen LogP contribution is -2.41. The first-order valence-corrected chi connectivity index (χ1v) is 7.79. The normalized spacial score (nSPS) is 10.6. The Kier molecular flexibility index (Phi) is 8.12. The van der Waals surface area contributed by atoms with Crippen LogP contribution in [-0.4, -0.2) is 35.9 Å². The molecule has 0 aliphatic carbocycles. The molecule has 112 valence electrons. The number of rotatable bonds is 9. The van der Waals surface area contributed by atoms with Crippen molar-refractivity contribution in [2.45, 2.75) is 39.2 Å². The monoisotopic (exact) mass is 297 g/mol. The maximum atomic E-state index is 12.3. The number of carbonyl (C=O) groups is 1. The molecule has 1 rings (SSSR count). The van der Waals surface area contributed by atoms with Crippen molar-refractivity contribution < 1.29 is 9.53 Å². The molecule has 0 unspecified atom stereocenters. The highest BCUT2D eigenvalue weighted by Crippen LogP contribution is 2.12. The molecular formula is C16H24ClNO2. The fraction of sp³-hybridized carbons (Fsp3) is 0.562. The minimum Gasteiger partial charge on any atom is -0.493 e. The smallest absolute Gasteiger partial charge is 0.226 e. The number of hydrogen-bond donors (Lipinski definition) is 0. The van der Waals surface area contributed by atoms with E-state index in [4.69, 9.17) is 16.3 Å². The van der Waals surface area contributed by atoms with Crippen molar-refractivity contribution in [3.05, 3.63) is 30.3 Å². The van der Waals surface area contributed by atoms with Gasteiger partial charge in [-0.1, -0.05) is 32.0 Å². The predicted octanol–water partition coefficient (Wildman–Crippen LogP) is 3.71. The third-order valence-corrected chi connectivity index (χ3v) is 3.53. The topological polar surface area (TPSA) is 29.5 Å². The molecule has 1 aromatic rings. The average molecular weight is 298 g/mol. The first-order chi connectivity index (χ1) is 9.72. The van der Waals surface area contributed by atoms with Crippen LogP contribution in [0.15, 0.2) is 30.3 Å². The van der Waals surface area contributed by atoms with Crippen LogP contribution in [0.5, 0.6) is 5.75 Å². The van der Waals surface area contributed by atoms with Gasteiger partial charge in [0.1, 0.15) is 5.75 Å². The summed E-state index contributed by atoms with van der Waals surface area (Å²) < 4.78 is 5.57. The van der Waals surface area contributed by atoms with E-state index in [-0.39, 0.29) is 11.9 Å². The maximum absolute atomic E-state index is 12.3. The standard InChI is InChI=1S/C16H24ClNO2/c1-3-14(4-2)18(12-11-17)16(19)10-13-20-15-8-6-5-7-9-15/h5-9,14H,3-4,10-13H2,1-2H3. The van der Waals surface area contributed by atoms with E-state index in [1.54, 1.807) is 0 Å². The van der Waals surface area contributed by atoms with Gasteiger partial charge in [0.05, 0.1) is 13.0 Å². The minimum atomic E-state index is 0.121. The zero-order chi connectivity index (χ0) is 14.8. The van der Waals surface area contributed by atoms with Crippen molar-refractivity contribution in [1.29, 1.82) is 0 Å². The number of amides is 1. The van der Waals surface area contributed by atoms with Crippen LogP contribution in [0.3, 0.4) is 0 Å². The number of alkyl halides is 1. The Morgan fingerprint density at radius 1 is 1.25 bits per heavy atom. The molecule has 0 aliphatic heterocycles. The average Bonchev–Trinajstić information content (AvgIpc) is 2.48. The highest BCUT2D eigenvalue weighted by molar-refractivity contribution is 6.18. The molecule has 0 radical (unpaired) electrons. The number of benzene rings is 1. The summed E-state index contributed by atoms with van der Waals surface area (Å²) in [4.78, 5) is 14.2. The molecule has 1 aromatic carbocycles. The van der Waals surface area contributed by atoms with Crippen molar-refractivity contribution in [3.8, 4) is 5.75 Å². The molecule has 0 spiro atoms. The largest absolute Gasteiger partial charge is 0.493 e. The zero-order valence-corrected chi connectivity index (χ0v) is 13.1. The first kappa shape index (κ1) is 16.8. The summed E-state index contributed by atoms with van der Waals surface area (Å²) in [6.07, 6.45) is 2.31. The molecule has 20 heavy (non-hydrogen) atoms. The van der Waals surface area contributed by atoms with Crippen molar-refractivity contribution in [3.63, 3.8) is 0 Å². The molecule has 0 atom stereocenters. The van der Waals surface area contributed by atoms with Crippen molar-refractivity contribution in [1.82, 2.24) is 4.90 Å². The van der Waals surface area contributed by atoms with Gasteiger partial charge in [-0.2, -0.15) is 0 Å². The Morgan fingerprint density at radius 3 is 2.45 bits per heavy atom. The fourth-order valence-corrected chi connectivity index (χ4v) is 2.43. The van der Waals surface area contributed by atoms with Gasteiger partial charge in [-0.15, -0.1) is 11.6 Å². The fourth-order valence-electron chi connectivity index (χ4n) is 2.25. The molecular weight excluding hydrogens is 274 g/mol. The van der Waals surface area contributed by atoms with E-state index in [1.807, 2.05) is 35.2 Å². The van der Waals surface area contributed by atoms with Crippen LogP contribution in [0.2, 0.25) is 0 Å². The summed E-state index contributed by atoms with van der Waals surface area (Å²) in [5.41, 5.74) is 0. The Hall–Kier alpha value is -1.22. The molecule has 0 fully saturated rings. The molecule has 0 saturated carbocycles. The van der Waals surface area contributed by atoms with E-state index in [2.05, 4.69) is 13.8 Å². The number of para-hydroxylation sites is 1. The van der Waals surface area contributed by atoms with Gasteiger partial charge in [0.25, 0.3) is 0 Å². The van der Waals surface area contributed by atoms with Crippen LogP contribution in [0, 0.1) is 0 Å². The van der Waals surface area contributed by atoms with Gasteiger partial charge < -0.3 is 9.64 Å². The predicted molar refractivity (Wildman–Crippen MR) is 83.4 cm³/mol. The number of hydrogen-bond acceptors (Lipinski definition) is 2. The third kappa shape index (κ3) is 5.41. The lowest BCUT2D eigenvalue weighted by atomic mass is 10.1. The summed E-state index contributed by atoms with van der Waals surface area (Å²) in [5, 5.41) is 0. The molecule has 0 aliphatic rings. The second kappa shape index (κ2) is 9.65. The van der Waals surface area contributed by atoms with Gasteiger partial charge in [0.15, 0.2) is 0 Å². The Bertz CT molecular complexity index is 379. The maximum Gasteiger partial charge on any atom is 0.226 e. The Balaban J connectivity index is 2.45. The van der Waals surface area contributed by atoms with Crippen LogP contribution < -0.4 is 4.74 Å². The van der Waals surface area contributed by atoms with Gasteiger partial charge in [-0.25, -0.2) is 0 Å². The van der Waals surface area contributed by atoms with Crippen LogP contribution in [0.4, 0.5) is 0 Å². The summed E-state index contributed by atoms with van der Waals surface area (Å²) in [6, 6.07) is 9.83. The van der Waals surface area contributed by atoms with Gasteiger partial charge in [0.2, 0.25) is 5.91 Å². The van der Waals surface area contributed by atoms with Crippen LogP contribution in [0.25, 0.3) is 0 Å². The third-order valence-electron chi connectivity index (χ3n) is 3.36. The van der Waals surface area contributed by atoms with Crippen molar-refractivity contribution >= 4 is 17.5 Å². The lowest BCUT2D eigenvalue weighted by molar-refractivity contribution is -0.134. The molecule has 0 bridgehead atoms. The highest BCUT2D eigenvalue weighted by atomic mass is 35.5. The molecule has 0 aromatic heterocycles. The van der Waals surface area contributed by atoms with Crippen LogP contribution in [-0.2, 0) is 4.79 Å². The quantitative estimate of drug-likeness (QED) is 0.650. The van der Waals surface area contributed by atoms with Gasteiger partial charge >= 0.3 is 0 Å². The van der Waals surface area contributed by atoms with Gasteiger partial charge in [-0.3, -0.25) is 4.79 Å². The van der Waals surface area contributed by atoms with Crippen LogP contribution >= 0.6 is 11.6 Å². The van der Waals surface area contributed by atoms with E-state index in [9.17, 15) is 4.79 Å². The molecule has 0 heterocycles. The molecule has 4 heteroatoms. The lowest BCUT2D eigenvalue weighted by Gasteiger charge is -2.30. The van der Waals surface area contributed by atoms with Gasteiger partial charge in [0, 0.05) is 18.5 Å². The van der Waals surface area contributed by atoms with E-state index < -0.39 is 0 Å². The Morgan fingerprint density at radius 2 is 1.90 bits per heavy atom. The zero-order valence-electron chi connectivity index (χ0n) is 12.3. The molecule has 0 saturated heterocycles. The van der Waals surface area contributed by atoms with E-state index in [1.165, 1.54) is 0 Å². The van der Waals surface area contributed by atoms with Crippen molar-refractivity contribution in [2.24, 2.45) is 0 Å². The van der Waals surface area contributed by atoms with E-state index >= 15 is 0 Å². The number of carbonyl (C=O) groups excluding carboxylic acids is 1. The SMILES string of the molecule is CCC(CC)N(CCCl)C(=O)CCOc1ccccc1. The Labute approximate surface area is 126 Å². The number of halogens is 1. The van der Waals surface area contributed by atoms with Crippen LogP contribution in [0.1, 0.15) is 33.1 Å². The second-order valence-electron chi connectivity index (χ2n) is 4.66. The summed E-state index contributed by atoms with van der Waals surface area (Å²) in [7, 11) is 0. The van der Waals surface area contributed by atoms with Crippen molar-refractivity contribution in [2.75, 3.05) is 19.0 Å². The number of ether oxygens (including phenoxy) is 1. The van der Waals surface area contributed by atoms with E-state index in [0.29, 0.717) is 25.5 Å². The second-order valence-corrected chi connectivity index (χ2v) is 5.04. The van der Waals surface area contributed by atoms with Gasteiger partial charge in [-0.05, 0) is 25.0 Å². The molecule has 1 amide bonds. The van der Waals surface area contributed by atoms with E-state index in [0.717, 1.165) is 18.6 Å². The molecule has 3 nitrogen and oxygen atoms in total.